The normalized spacial score (nSPS) is 10.1. The lowest BCUT2D eigenvalue weighted by atomic mass is 10.2. The van der Waals surface area contributed by atoms with Gasteiger partial charge in [0.15, 0.2) is 0 Å². The van der Waals surface area contributed by atoms with Crippen LogP contribution in [-0.2, 0) is 0 Å². The van der Waals surface area contributed by atoms with Crippen molar-refractivity contribution in [3.63, 3.8) is 0 Å². The van der Waals surface area contributed by atoms with Crippen LogP contribution in [0.2, 0.25) is 0 Å². The molecule has 0 fully saturated rings. The van der Waals surface area contributed by atoms with E-state index in [2.05, 4.69) is 26.2 Å². The number of benzene rings is 1. The summed E-state index contributed by atoms with van der Waals surface area (Å²) in [7, 11) is 0. The van der Waals surface area contributed by atoms with E-state index in [0.29, 0.717) is 10.8 Å². The van der Waals surface area contributed by atoms with Gasteiger partial charge in [0.25, 0.3) is 0 Å². The molecule has 1 aromatic carbocycles. The summed E-state index contributed by atoms with van der Waals surface area (Å²) in [5.74, 6) is 0.713. The number of rotatable bonds is 3. The predicted octanol–water partition coefficient (Wildman–Crippen LogP) is 3.53. The van der Waals surface area contributed by atoms with Crippen LogP contribution in [0.3, 0.4) is 0 Å². The summed E-state index contributed by atoms with van der Waals surface area (Å²) in [6.07, 6.45) is 1.68. The molecule has 3 N–H and O–H groups in total. The second-order valence-electron chi connectivity index (χ2n) is 3.90. The minimum Gasteiger partial charge on any atom is -0.389 e. The third kappa shape index (κ3) is 3.05. The van der Waals surface area contributed by atoms with Crippen molar-refractivity contribution in [3.05, 3.63) is 52.1 Å². The average Bonchev–Trinajstić information content (AvgIpc) is 2.33. The minimum atomic E-state index is 0.364. The highest BCUT2D eigenvalue weighted by Crippen LogP contribution is 2.26. The van der Waals surface area contributed by atoms with Crippen molar-refractivity contribution in [1.82, 2.24) is 4.98 Å². The summed E-state index contributed by atoms with van der Waals surface area (Å²) < 4.78 is 0.991. The molecule has 0 saturated heterocycles. The number of pyridine rings is 1. The Morgan fingerprint density at radius 3 is 2.78 bits per heavy atom. The minimum absolute atomic E-state index is 0.364. The third-order valence-corrected chi connectivity index (χ3v) is 3.32. The van der Waals surface area contributed by atoms with Gasteiger partial charge in [-0.3, -0.25) is 0 Å². The first-order chi connectivity index (χ1) is 8.56. The van der Waals surface area contributed by atoms with Crippen molar-refractivity contribution in [2.75, 3.05) is 5.32 Å². The van der Waals surface area contributed by atoms with Crippen molar-refractivity contribution in [3.8, 4) is 0 Å². The molecule has 0 radical (unpaired) electrons. The largest absolute Gasteiger partial charge is 0.389 e. The van der Waals surface area contributed by atoms with Crippen LogP contribution in [-0.4, -0.2) is 9.97 Å². The number of nitrogens with zero attached hydrogens (tertiary/aromatic N) is 1. The smallest absolute Gasteiger partial charge is 0.131 e. The van der Waals surface area contributed by atoms with Gasteiger partial charge in [-0.2, -0.15) is 0 Å². The molecule has 0 spiro atoms. The van der Waals surface area contributed by atoms with E-state index < -0.39 is 0 Å². The Morgan fingerprint density at radius 1 is 1.33 bits per heavy atom. The second kappa shape index (κ2) is 5.46. The van der Waals surface area contributed by atoms with Gasteiger partial charge in [0.1, 0.15) is 10.8 Å². The number of hydrogen-bond donors (Lipinski definition) is 2. The van der Waals surface area contributed by atoms with Crippen molar-refractivity contribution >= 4 is 44.6 Å². The fourth-order valence-electron chi connectivity index (χ4n) is 1.51. The molecule has 0 aliphatic rings. The summed E-state index contributed by atoms with van der Waals surface area (Å²) in [6.45, 7) is 2.04. The fourth-order valence-corrected chi connectivity index (χ4v) is 2.23. The summed E-state index contributed by atoms with van der Waals surface area (Å²) in [5, 5.41) is 3.22. The third-order valence-electron chi connectivity index (χ3n) is 2.43. The Kier molecular flexibility index (Phi) is 3.93. The van der Waals surface area contributed by atoms with Crippen molar-refractivity contribution < 1.29 is 0 Å². The van der Waals surface area contributed by atoms with Crippen molar-refractivity contribution in [2.24, 2.45) is 5.73 Å². The number of aromatic nitrogens is 1. The van der Waals surface area contributed by atoms with Crippen LogP contribution in [0.25, 0.3) is 0 Å². The van der Waals surface area contributed by atoms with E-state index in [-0.39, 0.29) is 0 Å². The molecule has 0 bridgehead atoms. The van der Waals surface area contributed by atoms with Crippen LogP contribution >= 0.6 is 28.1 Å². The molecule has 1 aromatic heterocycles. The lowest BCUT2D eigenvalue weighted by Gasteiger charge is -2.09. The Bertz CT molecular complexity index is 599. The number of nitrogens with two attached hydrogens (primary N) is 1. The van der Waals surface area contributed by atoms with Crippen molar-refractivity contribution in [1.29, 1.82) is 0 Å². The number of nitrogens with one attached hydrogen (secondary N) is 1. The predicted molar refractivity (Wildman–Crippen MR) is 82.3 cm³/mol. The maximum absolute atomic E-state index is 5.59. The molecule has 2 rings (SSSR count). The van der Waals surface area contributed by atoms with Gasteiger partial charge in [0.05, 0.1) is 5.69 Å². The molecule has 0 saturated carbocycles. The lowest BCUT2D eigenvalue weighted by molar-refractivity contribution is 1.29. The number of aryl methyl sites for hydroxylation is 1. The first-order valence-corrected chi connectivity index (χ1v) is 6.55. The van der Waals surface area contributed by atoms with Crippen LogP contribution in [0.1, 0.15) is 11.1 Å². The van der Waals surface area contributed by atoms with Crippen LogP contribution in [0.5, 0.6) is 0 Å². The Balaban J connectivity index is 2.28. The van der Waals surface area contributed by atoms with E-state index in [1.54, 1.807) is 12.3 Å². The molecule has 92 valence electrons. The van der Waals surface area contributed by atoms with Gasteiger partial charge in [-0.15, -0.1) is 0 Å². The zero-order chi connectivity index (χ0) is 13.1. The van der Waals surface area contributed by atoms with E-state index in [1.165, 1.54) is 5.56 Å². The highest BCUT2D eigenvalue weighted by Gasteiger charge is 2.03. The maximum atomic E-state index is 5.59. The quantitative estimate of drug-likeness (QED) is 0.849. The van der Waals surface area contributed by atoms with Crippen LogP contribution in [0.15, 0.2) is 41.0 Å². The monoisotopic (exact) mass is 321 g/mol. The van der Waals surface area contributed by atoms with Gasteiger partial charge >= 0.3 is 0 Å². The molecule has 0 amide bonds. The molecule has 18 heavy (non-hydrogen) atoms. The molecule has 0 unspecified atom stereocenters. The van der Waals surface area contributed by atoms with E-state index in [1.807, 2.05) is 31.2 Å². The molecule has 3 nitrogen and oxygen atoms in total. The number of thiocarbonyl (C=S) groups is 1. The van der Waals surface area contributed by atoms with E-state index in [9.17, 15) is 0 Å². The molecule has 1 heterocycles. The zero-order valence-electron chi connectivity index (χ0n) is 9.77. The standard InChI is InChI=1S/C13H12BrN3S/c1-8-2-3-11(10(14)6-8)17-12-7-9(13(15)18)4-5-16-12/h2-7H,1H3,(H2,15,18)(H,16,17). The maximum Gasteiger partial charge on any atom is 0.131 e. The summed E-state index contributed by atoms with van der Waals surface area (Å²) in [5.41, 5.74) is 8.53. The summed E-state index contributed by atoms with van der Waals surface area (Å²) in [6, 6.07) is 9.69. The first kappa shape index (κ1) is 13.0. The van der Waals surface area contributed by atoms with Gasteiger partial charge in [-0.25, -0.2) is 4.98 Å². The Labute approximate surface area is 120 Å². The topological polar surface area (TPSA) is 50.9 Å². The van der Waals surface area contributed by atoms with Crippen molar-refractivity contribution in [2.45, 2.75) is 6.92 Å². The van der Waals surface area contributed by atoms with Gasteiger partial charge in [-0.1, -0.05) is 18.3 Å². The molecular weight excluding hydrogens is 310 g/mol. The van der Waals surface area contributed by atoms with Crippen LogP contribution in [0.4, 0.5) is 11.5 Å². The van der Waals surface area contributed by atoms with Crippen LogP contribution < -0.4 is 11.1 Å². The molecule has 0 aliphatic carbocycles. The summed E-state index contributed by atoms with van der Waals surface area (Å²) in [4.78, 5) is 4.60. The molecule has 5 heteroatoms. The van der Waals surface area contributed by atoms with Gasteiger partial charge in [-0.05, 0) is 52.7 Å². The zero-order valence-corrected chi connectivity index (χ0v) is 12.2. The number of anilines is 2. The highest BCUT2D eigenvalue weighted by atomic mass is 79.9. The Hall–Kier alpha value is -1.46. The van der Waals surface area contributed by atoms with E-state index in [4.69, 9.17) is 18.0 Å². The molecule has 0 aliphatic heterocycles. The van der Waals surface area contributed by atoms with Gasteiger partial charge in [0.2, 0.25) is 0 Å². The SMILES string of the molecule is Cc1ccc(Nc2cc(C(N)=S)ccn2)c(Br)c1. The van der Waals surface area contributed by atoms with E-state index >= 15 is 0 Å². The molecule has 2 aromatic rings. The van der Waals surface area contributed by atoms with Crippen LogP contribution in [0, 0.1) is 6.92 Å². The highest BCUT2D eigenvalue weighted by molar-refractivity contribution is 9.10. The van der Waals surface area contributed by atoms with Gasteiger partial charge in [0, 0.05) is 16.2 Å². The Morgan fingerprint density at radius 2 is 2.11 bits per heavy atom. The average molecular weight is 322 g/mol. The number of halogens is 1. The van der Waals surface area contributed by atoms with E-state index in [0.717, 1.165) is 15.7 Å². The number of hydrogen-bond acceptors (Lipinski definition) is 3. The molecular formula is C13H12BrN3S. The lowest BCUT2D eigenvalue weighted by Crippen LogP contribution is -2.09. The van der Waals surface area contributed by atoms with Gasteiger partial charge < -0.3 is 11.1 Å². The first-order valence-electron chi connectivity index (χ1n) is 5.35. The summed E-state index contributed by atoms with van der Waals surface area (Å²) >= 11 is 8.45. The fraction of sp³-hybridized carbons (Fsp3) is 0.0769. The molecule has 0 atom stereocenters. The second-order valence-corrected chi connectivity index (χ2v) is 5.20.